The van der Waals surface area contributed by atoms with Gasteiger partial charge in [0.25, 0.3) is 5.91 Å². The predicted molar refractivity (Wildman–Crippen MR) is 103 cm³/mol. The molecule has 0 spiro atoms. The number of hydrogen-bond acceptors (Lipinski definition) is 6. The number of aliphatic hydroxyl groups excluding tert-OH is 1. The van der Waals surface area contributed by atoms with Crippen LogP contribution in [0.3, 0.4) is 0 Å². The number of amides is 1. The lowest BCUT2D eigenvalue weighted by atomic mass is 10.1. The van der Waals surface area contributed by atoms with Gasteiger partial charge in [-0.2, -0.15) is 0 Å². The number of halogens is 1. The van der Waals surface area contributed by atoms with Crippen LogP contribution in [0.1, 0.15) is 22.8 Å². The molecule has 0 aliphatic heterocycles. The fourth-order valence-electron chi connectivity index (χ4n) is 2.50. The third-order valence-corrected chi connectivity index (χ3v) is 4.14. The second kappa shape index (κ2) is 8.77. The first-order valence-corrected chi connectivity index (χ1v) is 8.91. The van der Waals surface area contributed by atoms with E-state index in [2.05, 4.69) is 10.3 Å². The second-order valence-corrected chi connectivity index (χ2v) is 6.64. The number of aliphatic hydroxyl groups is 1. The van der Waals surface area contributed by atoms with Gasteiger partial charge in [-0.3, -0.25) is 4.79 Å². The molecule has 1 heterocycles. The Labute approximate surface area is 166 Å². The zero-order valence-electron chi connectivity index (χ0n) is 15.1. The molecule has 1 aromatic heterocycles. The van der Waals surface area contributed by atoms with Crippen LogP contribution in [0.15, 0.2) is 53.4 Å². The third-order valence-electron chi connectivity index (χ3n) is 3.89. The molecule has 3 aromatic rings. The number of carbonyl (C=O) groups is 1. The summed E-state index contributed by atoms with van der Waals surface area (Å²) in [5, 5.41) is 23.2. The molecule has 0 aliphatic carbocycles. The Morgan fingerprint density at radius 1 is 1.32 bits per heavy atom. The van der Waals surface area contributed by atoms with E-state index in [4.69, 9.17) is 20.8 Å². The fraction of sp³-hybridized carbons (Fsp3) is 0.200. The van der Waals surface area contributed by atoms with E-state index in [0.29, 0.717) is 16.3 Å². The van der Waals surface area contributed by atoms with Gasteiger partial charge >= 0.3 is 0 Å². The molecule has 3 N–H and O–H groups in total. The van der Waals surface area contributed by atoms with Crippen LogP contribution in [0.25, 0.3) is 11.3 Å². The Morgan fingerprint density at radius 2 is 2.07 bits per heavy atom. The van der Waals surface area contributed by atoms with Crippen molar-refractivity contribution < 1.29 is 24.2 Å². The molecule has 0 bridgehead atoms. The minimum atomic E-state index is -0.729. The van der Waals surface area contributed by atoms with Gasteiger partial charge in [-0.05, 0) is 36.8 Å². The Bertz CT molecular complexity index is 940. The average molecular weight is 403 g/mol. The molecule has 7 nitrogen and oxygen atoms in total. The molecule has 0 radical (unpaired) electrons. The lowest BCUT2D eigenvalue weighted by Gasteiger charge is -2.15. The molecular weight excluding hydrogens is 384 g/mol. The number of aromatic nitrogens is 1. The maximum Gasteiger partial charge on any atom is 0.255 e. The highest BCUT2D eigenvalue weighted by Gasteiger charge is 2.19. The average Bonchev–Trinajstić information content (AvgIpc) is 3.20. The first-order chi connectivity index (χ1) is 13.4. The highest BCUT2D eigenvalue weighted by molar-refractivity contribution is 6.30. The molecule has 28 heavy (non-hydrogen) atoms. The third kappa shape index (κ3) is 4.82. The van der Waals surface area contributed by atoms with Crippen LogP contribution in [0, 0.1) is 0 Å². The van der Waals surface area contributed by atoms with Gasteiger partial charge in [-0.1, -0.05) is 23.7 Å². The smallest absolute Gasteiger partial charge is 0.255 e. The number of benzene rings is 2. The normalized spacial score (nSPS) is 11.8. The van der Waals surface area contributed by atoms with Gasteiger partial charge in [-0.25, -0.2) is 4.98 Å². The Balaban J connectivity index is 1.85. The summed E-state index contributed by atoms with van der Waals surface area (Å²) in [6.07, 6.45) is 1.94. The molecule has 1 amide bonds. The molecule has 0 fully saturated rings. The predicted octanol–water partition coefficient (Wildman–Crippen LogP) is 3.39. The van der Waals surface area contributed by atoms with Crippen molar-refractivity contribution in [3.8, 4) is 22.8 Å². The van der Waals surface area contributed by atoms with Gasteiger partial charge in [0.2, 0.25) is 0 Å². The van der Waals surface area contributed by atoms with E-state index in [0.717, 1.165) is 5.56 Å². The van der Waals surface area contributed by atoms with E-state index < -0.39 is 12.0 Å². The number of oxazole rings is 1. The van der Waals surface area contributed by atoms with Crippen molar-refractivity contribution in [2.45, 2.75) is 19.6 Å². The van der Waals surface area contributed by atoms with E-state index in [9.17, 15) is 15.0 Å². The molecule has 1 unspecified atom stereocenters. The standard InChI is InChI=1S/C20H19ClN2O5/c1-12(24)10-27-18-7-15(19-9-22-11-28-19)17(25)6-16(18)20(26)23-8-13-2-4-14(21)5-3-13/h2-7,9,11-12,24-25H,8,10H2,1H3,(H,23,26). The van der Waals surface area contributed by atoms with Crippen LogP contribution in [0.2, 0.25) is 5.02 Å². The minimum absolute atomic E-state index is 0.0158. The maximum absolute atomic E-state index is 12.7. The van der Waals surface area contributed by atoms with Gasteiger partial charge in [-0.15, -0.1) is 0 Å². The quantitative estimate of drug-likeness (QED) is 0.559. The van der Waals surface area contributed by atoms with Crippen molar-refractivity contribution in [2.75, 3.05) is 6.61 Å². The summed E-state index contributed by atoms with van der Waals surface area (Å²) in [7, 11) is 0. The van der Waals surface area contributed by atoms with Crippen LogP contribution in [-0.4, -0.2) is 33.8 Å². The largest absolute Gasteiger partial charge is 0.507 e. The van der Waals surface area contributed by atoms with E-state index in [1.807, 2.05) is 0 Å². The number of nitrogens with one attached hydrogen (secondary N) is 1. The monoisotopic (exact) mass is 402 g/mol. The van der Waals surface area contributed by atoms with Gasteiger partial charge in [0.1, 0.15) is 18.1 Å². The molecule has 146 valence electrons. The number of aromatic hydroxyl groups is 1. The molecule has 8 heteroatoms. The van der Waals surface area contributed by atoms with Crippen molar-refractivity contribution in [3.63, 3.8) is 0 Å². The summed E-state index contributed by atoms with van der Waals surface area (Å²) in [5.41, 5.74) is 1.33. The van der Waals surface area contributed by atoms with Crippen LogP contribution in [0.4, 0.5) is 0 Å². The number of phenols is 1. The van der Waals surface area contributed by atoms with Gasteiger partial charge < -0.3 is 24.7 Å². The fourth-order valence-corrected chi connectivity index (χ4v) is 2.63. The van der Waals surface area contributed by atoms with E-state index in [1.165, 1.54) is 24.7 Å². The molecule has 1 atom stereocenters. The number of hydrogen-bond donors (Lipinski definition) is 3. The first kappa shape index (κ1) is 19.7. The lowest BCUT2D eigenvalue weighted by Crippen LogP contribution is -2.24. The summed E-state index contributed by atoms with van der Waals surface area (Å²) in [5.74, 6) is -0.0565. The zero-order valence-corrected chi connectivity index (χ0v) is 15.8. The highest BCUT2D eigenvalue weighted by Crippen LogP contribution is 2.35. The second-order valence-electron chi connectivity index (χ2n) is 6.20. The van der Waals surface area contributed by atoms with Crippen molar-refractivity contribution in [1.29, 1.82) is 0 Å². The topological polar surface area (TPSA) is 105 Å². The summed E-state index contributed by atoms with van der Waals surface area (Å²) < 4.78 is 10.8. The van der Waals surface area contributed by atoms with Gasteiger partial charge in [0.15, 0.2) is 12.2 Å². The van der Waals surface area contributed by atoms with E-state index in [-0.39, 0.29) is 30.2 Å². The number of nitrogens with zero attached hydrogens (tertiary/aromatic N) is 1. The molecular formula is C20H19ClN2O5. The Hall–Kier alpha value is -3.03. The van der Waals surface area contributed by atoms with E-state index in [1.54, 1.807) is 31.2 Å². The van der Waals surface area contributed by atoms with Gasteiger partial charge in [0.05, 0.1) is 23.4 Å². The van der Waals surface area contributed by atoms with Crippen LogP contribution in [-0.2, 0) is 6.54 Å². The van der Waals surface area contributed by atoms with Crippen molar-refractivity contribution in [3.05, 3.63) is 65.1 Å². The SMILES string of the molecule is CC(O)COc1cc(-c2cnco2)c(O)cc1C(=O)NCc1ccc(Cl)cc1. The van der Waals surface area contributed by atoms with E-state index >= 15 is 0 Å². The summed E-state index contributed by atoms with van der Waals surface area (Å²) in [6, 6.07) is 9.86. The van der Waals surface area contributed by atoms with Gasteiger partial charge in [0, 0.05) is 11.6 Å². The van der Waals surface area contributed by atoms with Crippen molar-refractivity contribution in [1.82, 2.24) is 10.3 Å². The lowest BCUT2D eigenvalue weighted by molar-refractivity contribution is 0.0935. The van der Waals surface area contributed by atoms with Crippen molar-refractivity contribution in [2.24, 2.45) is 0 Å². The Morgan fingerprint density at radius 3 is 2.71 bits per heavy atom. The molecule has 3 rings (SSSR count). The number of phenolic OH excluding ortho intramolecular Hbond substituents is 1. The molecule has 0 saturated heterocycles. The van der Waals surface area contributed by atoms with Crippen molar-refractivity contribution >= 4 is 17.5 Å². The first-order valence-electron chi connectivity index (χ1n) is 8.53. The molecule has 0 aliphatic rings. The summed E-state index contributed by atoms with van der Waals surface area (Å²) in [4.78, 5) is 16.5. The maximum atomic E-state index is 12.7. The highest BCUT2D eigenvalue weighted by atomic mass is 35.5. The number of ether oxygens (including phenoxy) is 1. The van der Waals surface area contributed by atoms with Crippen LogP contribution >= 0.6 is 11.6 Å². The summed E-state index contributed by atoms with van der Waals surface area (Å²) in [6.45, 7) is 1.83. The number of carbonyl (C=O) groups excluding carboxylic acids is 1. The molecule has 2 aromatic carbocycles. The number of rotatable bonds is 7. The summed E-state index contributed by atoms with van der Waals surface area (Å²) >= 11 is 5.86. The van der Waals surface area contributed by atoms with Crippen LogP contribution in [0.5, 0.6) is 11.5 Å². The Kier molecular flexibility index (Phi) is 6.18. The molecule has 0 saturated carbocycles. The minimum Gasteiger partial charge on any atom is -0.507 e. The van der Waals surface area contributed by atoms with Crippen LogP contribution < -0.4 is 10.1 Å². The zero-order chi connectivity index (χ0) is 20.1.